The van der Waals surface area contributed by atoms with Crippen LogP contribution in [0, 0.1) is 0 Å². The summed E-state index contributed by atoms with van der Waals surface area (Å²) >= 11 is 7.85. The second kappa shape index (κ2) is 5.60. The summed E-state index contributed by atoms with van der Waals surface area (Å²) in [5.41, 5.74) is 0.654. The third-order valence-electron chi connectivity index (χ3n) is 3.95. The zero-order chi connectivity index (χ0) is 16.9. The summed E-state index contributed by atoms with van der Waals surface area (Å²) in [4.78, 5) is 24.8. The summed E-state index contributed by atoms with van der Waals surface area (Å²) in [5.74, 6) is 0. The van der Waals surface area contributed by atoms with Gasteiger partial charge in [-0.1, -0.05) is 11.6 Å². The van der Waals surface area contributed by atoms with Gasteiger partial charge in [-0.2, -0.15) is 0 Å². The van der Waals surface area contributed by atoms with Gasteiger partial charge in [0.15, 0.2) is 0 Å². The highest BCUT2D eigenvalue weighted by Crippen LogP contribution is 2.44. The number of hydrogen-bond donors (Lipinski definition) is 0. The van der Waals surface area contributed by atoms with E-state index in [0.717, 1.165) is 27.1 Å². The summed E-state index contributed by atoms with van der Waals surface area (Å²) in [7, 11) is 0. The van der Waals surface area contributed by atoms with Crippen molar-refractivity contribution < 1.29 is 9.53 Å². The Bertz CT molecular complexity index is 769. The number of ether oxygens (including phenoxy) is 1. The van der Waals surface area contributed by atoms with Gasteiger partial charge in [-0.05, 0) is 46.6 Å². The van der Waals surface area contributed by atoms with E-state index in [1.807, 2.05) is 39.5 Å². The predicted octanol–water partition coefficient (Wildman–Crippen LogP) is 4.59. The van der Waals surface area contributed by atoms with E-state index in [-0.39, 0.29) is 18.2 Å². The van der Waals surface area contributed by atoms with Crippen molar-refractivity contribution in [1.29, 1.82) is 0 Å². The fraction of sp³-hybridized carbons (Fsp3) is 0.562. The van der Waals surface area contributed by atoms with Gasteiger partial charge < -0.3 is 4.74 Å². The largest absolute Gasteiger partial charge is 0.444 e. The van der Waals surface area contributed by atoms with Gasteiger partial charge in [0.25, 0.3) is 0 Å². The normalized spacial score (nSPS) is 21.4. The van der Waals surface area contributed by atoms with Crippen molar-refractivity contribution in [3.8, 4) is 0 Å². The topological polar surface area (TPSA) is 55.3 Å². The van der Waals surface area contributed by atoms with Gasteiger partial charge in [0.1, 0.15) is 21.9 Å². The summed E-state index contributed by atoms with van der Waals surface area (Å²) in [5, 5.41) is 1.41. The van der Waals surface area contributed by atoms with E-state index in [9.17, 15) is 4.79 Å². The number of halogens is 1. The van der Waals surface area contributed by atoms with Crippen molar-refractivity contribution in [2.75, 3.05) is 0 Å². The fourth-order valence-electron chi connectivity index (χ4n) is 3.06. The van der Waals surface area contributed by atoms with E-state index in [2.05, 4.69) is 9.97 Å². The van der Waals surface area contributed by atoms with Crippen LogP contribution < -0.4 is 0 Å². The van der Waals surface area contributed by atoms with Crippen molar-refractivity contribution in [3.05, 3.63) is 21.9 Å². The number of rotatable bonds is 0. The molecule has 23 heavy (non-hydrogen) atoms. The molecule has 2 aromatic heterocycles. The van der Waals surface area contributed by atoms with E-state index in [4.69, 9.17) is 16.3 Å². The first-order valence-electron chi connectivity index (χ1n) is 7.62. The number of carbonyl (C=O) groups excluding carboxylic acids is 1. The molecule has 1 amide bonds. The molecule has 2 atom stereocenters. The summed E-state index contributed by atoms with van der Waals surface area (Å²) in [6, 6.07) is -0.0414. The second-order valence-corrected chi connectivity index (χ2v) is 8.29. The van der Waals surface area contributed by atoms with Gasteiger partial charge in [-0.3, -0.25) is 4.90 Å². The minimum Gasteiger partial charge on any atom is -0.444 e. The number of aromatic nitrogens is 2. The standard InChI is InChI=1S/C16H20ClN3O2S/c1-8-6-10-11-13(17)18-7-19-14(11)23-12(10)9(2)20(8)15(21)22-16(3,4)5/h7-9H,6H2,1-5H3/t8-,9+/m1/s1. The van der Waals surface area contributed by atoms with Gasteiger partial charge in [0.05, 0.1) is 11.4 Å². The molecule has 0 saturated carbocycles. The minimum absolute atomic E-state index is 0.0291. The molecule has 7 heteroatoms. The molecule has 1 aliphatic heterocycles. The zero-order valence-corrected chi connectivity index (χ0v) is 15.5. The number of amides is 1. The van der Waals surface area contributed by atoms with Crippen molar-refractivity contribution in [3.63, 3.8) is 0 Å². The molecule has 0 spiro atoms. The maximum atomic E-state index is 12.6. The van der Waals surface area contributed by atoms with Gasteiger partial charge in [0.2, 0.25) is 0 Å². The molecule has 0 aliphatic carbocycles. The van der Waals surface area contributed by atoms with Crippen LogP contribution >= 0.6 is 22.9 Å². The SMILES string of the molecule is C[C@@H]1Cc2c(sc3ncnc(Cl)c23)[C@H](C)N1C(=O)OC(C)(C)C. The first-order valence-corrected chi connectivity index (χ1v) is 8.81. The van der Waals surface area contributed by atoms with Crippen molar-refractivity contribution in [2.45, 2.75) is 58.7 Å². The smallest absolute Gasteiger partial charge is 0.411 e. The molecule has 3 heterocycles. The maximum absolute atomic E-state index is 12.6. The number of carbonyl (C=O) groups is 1. The van der Waals surface area contributed by atoms with Crippen molar-refractivity contribution in [2.24, 2.45) is 0 Å². The lowest BCUT2D eigenvalue weighted by atomic mass is 9.95. The lowest BCUT2D eigenvalue weighted by Gasteiger charge is -2.39. The summed E-state index contributed by atoms with van der Waals surface area (Å²) in [6.07, 6.45) is 1.93. The van der Waals surface area contributed by atoms with Gasteiger partial charge in [-0.15, -0.1) is 11.3 Å². The fourth-order valence-corrected chi connectivity index (χ4v) is 4.59. The molecule has 5 nitrogen and oxygen atoms in total. The molecule has 124 valence electrons. The van der Waals surface area contributed by atoms with E-state index in [0.29, 0.717) is 5.15 Å². The molecule has 0 saturated heterocycles. The van der Waals surface area contributed by atoms with Crippen LogP contribution in [0.2, 0.25) is 5.15 Å². The lowest BCUT2D eigenvalue weighted by Crippen LogP contribution is -2.46. The van der Waals surface area contributed by atoms with Crippen LogP contribution in [0.15, 0.2) is 6.33 Å². The van der Waals surface area contributed by atoms with Crippen molar-refractivity contribution >= 4 is 39.2 Å². The third kappa shape index (κ3) is 2.90. The maximum Gasteiger partial charge on any atom is 0.411 e. The Morgan fingerprint density at radius 2 is 2.09 bits per heavy atom. The number of hydrogen-bond acceptors (Lipinski definition) is 5. The van der Waals surface area contributed by atoms with Crippen LogP contribution in [0.5, 0.6) is 0 Å². The van der Waals surface area contributed by atoms with E-state index in [1.54, 1.807) is 11.3 Å². The molecule has 0 aromatic carbocycles. The van der Waals surface area contributed by atoms with Gasteiger partial charge in [-0.25, -0.2) is 14.8 Å². The van der Waals surface area contributed by atoms with Crippen LogP contribution in [0.25, 0.3) is 10.2 Å². The van der Waals surface area contributed by atoms with Crippen LogP contribution in [-0.4, -0.2) is 32.6 Å². The first-order chi connectivity index (χ1) is 10.7. The van der Waals surface area contributed by atoms with Crippen LogP contribution in [0.1, 0.15) is 51.1 Å². The Kier molecular flexibility index (Phi) is 4.01. The molecular formula is C16H20ClN3O2S. The molecule has 0 unspecified atom stereocenters. The molecular weight excluding hydrogens is 334 g/mol. The molecule has 0 bridgehead atoms. The second-order valence-electron chi connectivity index (χ2n) is 6.91. The Morgan fingerprint density at radius 3 is 2.74 bits per heavy atom. The van der Waals surface area contributed by atoms with Crippen LogP contribution in [0.4, 0.5) is 4.79 Å². The Balaban J connectivity index is 2.03. The third-order valence-corrected chi connectivity index (χ3v) is 5.54. The van der Waals surface area contributed by atoms with E-state index < -0.39 is 5.60 Å². The van der Waals surface area contributed by atoms with Crippen molar-refractivity contribution in [1.82, 2.24) is 14.9 Å². The number of fused-ring (bicyclic) bond motifs is 3. The molecule has 2 aromatic rings. The molecule has 0 fully saturated rings. The lowest BCUT2D eigenvalue weighted by molar-refractivity contribution is 0.00642. The Morgan fingerprint density at radius 1 is 1.39 bits per heavy atom. The Labute approximate surface area is 144 Å². The zero-order valence-electron chi connectivity index (χ0n) is 13.9. The average molecular weight is 354 g/mol. The monoisotopic (exact) mass is 353 g/mol. The molecule has 0 N–H and O–H groups in total. The molecule has 0 radical (unpaired) electrons. The van der Waals surface area contributed by atoms with E-state index in [1.165, 1.54) is 6.33 Å². The quantitative estimate of drug-likeness (QED) is 0.650. The minimum atomic E-state index is -0.508. The Hall–Kier alpha value is -1.40. The highest BCUT2D eigenvalue weighted by atomic mass is 35.5. The predicted molar refractivity (Wildman–Crippen MR) is 92.1 cm³/mol. The van der Waals surface area contributed by atoms with Gasteiger partial charge in [0, 0.05) is 10.9 Å². The average Bonchev–Trinajstić information content (AvgIpc) is 2.77. The summed E-state index contributed by atoms with van der Waals surface area (Å²) in [6.45, 7) is 9.69. The van der Waals surface area contributed by atoms with Crippen LogP contribution in [-0.2, 0) is 11.2 Å². The molecule has 1 aliphatic rings. The molecule has 3 rings (SSSR count). The summed E-state index contributed by atoms with van der Waals surface area (Å²) < 4.78 is 5.57. The highest BCUT2D eigenvalue weighted by molar-refractivity contribution is 7.19. The van der Waals surface area contributed by atoms with Crippen LogP contribution in [0.3, 0.4) is 0 Å². The highest BCUT2D eigenvalue weighted by Gasteiger charge is 2.38. The van der Waals surface area contributed by atoms with Gasteiger partial charge >= 0.3 is 6.09 Å². The number of thiophene rings is 1. The first kappa shape index (κ1) is 16.5. The number of nitrogens with zero attached hydrogens (tertiary/aromatic N) is 3. The van der Waals surface area contributed by atoms with E-state index >= 15 is 0 Å².